The minimum absolute atomic E-state index is 0. The van der Waals surface area contributed by atoms with Crippen molar-refractivity contribution >= 4 is 17.9 Å². The number of hydrogen-bond donors (Lipinski definition) is 0. The van der Waals surface area contributed by atoms with Gasteiger partial charge in [0.1, 0.15) is 0 Å². The van der Waals surface area contributed by atoms with Gasteiger partial charge in [0.25, 0.3) is 0 Å². The summed E-state index contributed by atoms with van der Waals surface area (Å²) in [6, 6.07) is 24.2. The Morgan fingerprint density at radius 1 is 0.419 bits per heavy atom. The standard InChI is InChI=1S/3C7H6O2.Ce.3H2O/c3*8-7(9)6-4-2-1-3-5-6;;;;/h3*1-5H,(H,8,9);;3*1H2/q;;;+3;;;/p-3. The molecule has 0 spiro atoms. The largest absolute Gasteiger partial charge is 3.00 e. The van der Waals surface area contributed by atoms with Crippen LogP contribution in [-0.2, 0) is 0 Å². The van der Waals surface area contributed by atoms with E-state index < -0.39 is 17.9 Å². The topological polar surface area (TPSA) is 215 Å². The number of rotatable bonds is 3. The van der Waals surface area contributed by atoms with Gasteiger partial charge in [-0.05, 0) is 16.7 Å². The number of carboxylic acid groups (broad SMARTS) is 3. The van der Waals surface area contributed by atoms with Crippen LogP contribution in [0.5, 0.6) is 0 Å². The summed E-state index contributed by atoms with van der Waals surface area (Å²) in [7, 11) is 0. The number of benzene rings is 3. The molecular weight excluding hydrogens is 536 g/mol. The SMILES string of the molecule is O.O.O.O=C([O-])c1ccccc1.O=C([O-])c1ccccc1.O=C([O-])c1ccccc1.[Ce+3]. The molecule has 0 saturated carbocycles. The van der Waals surface area contributed by atoms with Crippen LogP contribution in [0.1, 0.15) is 31.1 Å². The van der Waals surface area contributed by atoms with Gasteiger partial charge in [0.2, 0.25) is 0 Å². The Balaban J connectivity index is -0.000000166. The summed E-state index contributed by atoms with van der Waals surface area (Å²) in [5, 5.41) is 30.3. The molecule has 0 heterocycles. The monoisotopic (exact) mass is 557 g/mol. The second kappa shape index (κ2) is 20.6. The Kier molecular flexibility index (Phi) is 23.7. The fourth-order valence-corrected chi connectivity index (χ4v) is 1.72. The second-order valence-electron chi connectivity index (χ2n) is 4.96. The average molecular weight is 558 g/mol. The Bertz CT molecular complexity index is 740. The van der Waals surface area contributed by atoms with Gasteiger partial charge in [-0.1, -0.05) is 91.0 Å². The fourth-order valence-electron chi connectivity index (χ4n) is 1.72. The number of hydrogen-bond acceptors (Lipinski definition) is 6. The van der Waals surface area contributed by atoms with E-state index in [0.717, 1.165) is 0 Å². The maximum Gasteiger partial charge on any atom is 3.00 e. The van der Waals surface area contributed by atoms with Gasteiger partial charge >= 0.3 is 41.7 Å². The van der Waals surface area contributed by atoms with E-state index in [1.807, 2.05) is 0 Å². The van der Waals surface area contributed by atoms with Gasteiger partial charge in [0.15, 0.2) is 0 Å². The van der Waals surface area contributed by atoms with Crippen molar-refractivity contribution in [1.82, 2.24) is 0 Å². The molecule has 31 heavy (non-hydrogen) atoms. The van der Waals surface area contributed by atoms with E-state index >= 15 is 0 Å². The van der Waals surface area contributed by atoms with Gasteiger partial charge in [0.05, 0.1) is 17.9 Å². The molecular formula is C21H21CeO9. The molecule has 0 aliphatic carbocycles. The molecule has 9 nitrogen and oxygen atoms in total. The third-order valence-electron chi connectivity index (χ3n) is 3.03. The Morgan fingerprint density at radius 2 is 0.581 bits per heavy atom. The zero-order valence-corrected chi connectivity index (χ0v) is 19.2. The van der Waals surface area contributed by atoms with Crippen LogP contribution >= 0.6 is 0 Å². The van der Waals surface area contributed by atoms with Gasteiger partial charge in [-0.25, -0.2) is 0 Å². The third-order valence-corrected chi connectivity index (χ3v) is 3.03. The van der Waals surface area contributed by atoms with E-state index in [1.54, 1.807) is 54.6 Å². The van der Waals surface area contributed by atoms with Crippen LogP contribution in [0.25, 0.3) is 0 Å². The van der Waals surface area contributed by atoms with E-state index in [-0.39, 0.29) is 74.9 Å². The molecule has 1 radical (unpaired) electrons. The summed E-state index contributed by atoms with van der Waals surface area (Å²) in [5.41, 5.74) is 0.660. The van der Waals surface area contributed by atoms with E-state index in [9.17, 15) is 29.7 Å². The molecule has 0 fully saturated rings. The first kappa shape index (κ1) is 35.7. The van der Waals surface area contributed by atoms with Crippen LogP contribution in [0.2, 0.25) is 0 Å². The van der Waals surface area contributed by atoms with Gasteiger partial charge in [0, 0.05) is 0 Å². The van der Waals surface area contributed by atoms with E-state index in [4.69, 9.17) is 0 Å². The number of carboxylic acids is 3. The van der Waals surface area contributed by atoms with E-state index in [0.29, 0.717) is 0 Å². The van der Waals surface area contributed by atoms with E-state index in [2.05, 4.69) is 0 Å². The molecule has 0 bridgehead atoms. The van der Waals surface area contributed by atoms with Crippen molar-refractivity contribution < 1.29 is 87.9 Å². The predicted octanol–water partition coefficient (Wildman–Crippen LogP) is -2.32. The van der Waals surface area contributed by atoms with Gasteiger partial charge < -0.3 is 46.1 Å². The average Bonchev–Trinajstić information content (AvgIpc) is 2.71. The molecule has 3 rings (SSSR count). The zero-order chi connectivity index (χ0) is 20.1. The number of aromatic carboxylic acids is 3. The van der Waals surface area contributed by atoms with Crippen molar-refractivity contribution in [3.8, 4) is 0 Å². The Labute approximate surface area is 212 Å². The van der Waals surface area contributed by atoms with E-state index in [1.165, 1.54) is 36.4 Å². The number of carbonyl (C=O) groups is 3. The maximum atomic E-state index is 10.1. The first-order valence-electron chi connectivity index (χ1n) is 7.71. The van der Waals surface area contributed by atoms with Gasteiger partial charge in [-0.3, -0.25) is 0 Å². The summed E-state index contributed by atoms with van der Waals surface area (Å²) in [6.07, 6.45) is 0. The Morgan fingerprint density at radius 3 is 0.677 bits per heavy atom. The molecule has 0 aromatic heterocycles. The summed E-state index contributed by atoms with van der Waals surface area (Å²) >= 11 is 0. The quantitative estimate of drug-likeness (QED) is 0.344. The van der Waals surface area contributed by atoms with Crippen LogP contribution in [0, 0.1) is 41.7 Å². The second-order valence-corrected chi connectivity index (χ2v) is 4.96. The molecule has 0 atom stereocenters. The minimum Gasteiger partial charge on any atom is -0.545 e. The van der Waals surface area contributed by atoms with Crippen molar-refractivity contribution in [3.63, 3.8) is 0 Å². The summed E-state index contributed by atoms with van der Waals surface area (Å²) < 4.78 is 0. The molecule has 0 amide bonds. The third kappa shape index (κ3) is 15.8. The molecule has 3 aromatic carbocycles. The zero-order valence-electron chi connectivity index (χ0n) is 16.1. The molecule has 0 unspecified atom stereocenters. The van der Waals surface area contributed by atoms with Crippen LogP contribution in [0.15, 0.2) is 91.0 Å². The molecule has 163 valence electrons. The van der Waals surface area contributed by atoms with Crippen molar-refractivity contribution in [2.24, 2.45) is 0 Å². The molecule has 10 heteroatoms. The summed E-state index contributed by atoms with van der Waals surface area (Å²) in [4.78, 5) is 30.3. The summed E-state index contributed by atoms with van der Waals surface area (Å²) in [6.45, 7) is 0. The summed E-state index contributed by atoms with van der Waals surface area (Å²) in [5.74, 6) is -3.39. The number of carbonyl (C=O) groups excluding carboxylic acids is 3. The minimum atomic E-state index is -1.13. The van der Waals surface area contributed by atoms with Crippen molar-refractivity contribution in [2.75, 3.05) is 0 Å². The predicted molar refractivity (Wildman–Crippen MR) is 103 cm³/mol. The van der Waals surface area contributed by atoms with Crippen LogP contribution in [0.4, 0.5) is 0 Å². The smallest absolute Gasteiger partial charge is 0.545 e. The Hall–Kier alpha value is -2.67. The molecule has 6 N–H and O–H groups in total. The van der Waals surface area contributed by atoms with Crippen molar-refractivity contribution in [1.29, 1.82) is 0 Å². The fraction of sp³-hybridized carbons (Fsp3) is 0. The first-order valence-corrected chi connectivity index (χ1v) is 7.71. The molecule has 0 aliphatic heterocycles. The molecule has 3 aromatic rings. The van der Waals surface area contributed by atoms with Crippen LogP contribution in [-0.4, -0.2) is 34.3 Å². The van der Waals surface area contributed by atoms with Gasteiger partial charge in [-0.2, -0.15) is 0 Å². The normalized spacial score (nSPS) is 7.74. The van der Waals surface area contributed by atoms with Crippen molar-refractivity contribution in [3.05, 3.63) is 108 Å². The van der Waals surface area contributed by atoms with Gasteiger partial charge in [-0.15, -0.1) is 0 Å². The molecule has 0 aliphatic rings. The maximum absolute atomic E-state index is 10.1. The van der Waals surface area contributed by atoms with Crippen LogP contribution < -0.4 is 15.3 Å². The van der Waals surface area contributed by atoms with Crippen molar-refractivity contribution in [2.45, 2.75) is 0 Å². The first-order chi connectivity index (χ1) is 12.9. The molecule has 0 saturated heterocycles. The van der Waals surface area contributed by atoms with Crippen LogP contribution in [0.3, 0.4) is 0 Å².